The van der Waals surface area contributed by atoms with Crippen molar-refractivity contribution in [3.63, 3.8) is 0 Å². The van der Waals surface area contributed by atoms with Gasteiger partial charge in [-0.1, -0.05) is 0 Å². The van der Waals surface area contributed by atoms with E-state index in [2.05, 4.69) is 57.0 Å². The molecular weight excluding hydrogens is 324 g/mol. The van der Waals surface area contributed by atoms with Crippen LogP contribution in [-0.2, 0) is 4.74 Å². The highest BCUT2D eigenvalue weighted by molar-refractivity contribution is 5.54. The number of nitrogens with zero attached hydrogens (tertiary/aromatic N) is 2. The first-order valence-corrected chi connectivity index (χ1v) is 10.1. The Kier molecular flexibility index (Phi) is 5.50. The number of aryl methyl sites for hydroxylation is 1. The zero-order valence-electron chi connectivity index (χ0n) is 17.1. The fourth-order valence-corrected chi connectivity index (χ4v) is 4.51. The third kappa shape index (κ3) is 4.89. The van der Waals surface area contributed by atoms with Crippen molar-refractivity contribution >= 4 is 11.5 Å². The fraction of sp³-hybridized carbons (Fsp3) is 0.762. The summed E-state index contributed by atoms with van der Waals surface area (Å²) in [5, 5.41) is 3.61. The average Bonchev–Trinajstić information content (AvgIpc) is 2.52. The first-order valence-electron chi connectivity index (χ1n) is 10.1. The molecule has 0 radical (unpaired) electrons. The predicted molar refractivity (Wildman–Crippen MR) is 109 cm³/mol. The lowest BCUT2D eigenvalue weighted by atomic mass is 9.86. The van der Waals surface area contributed by atoms with Crippen molar-refractivity contribution in [1.29, 1.82) is 0 Å². The summed E-state index contributed by atoms with van der Waals surface area (Å²) in [4.78, 5) is 7.24. The molecule has 1 aromatic rings. The molecule has 0 aromatic carbocycles. The van der Waals surface area contributed by atoms with Crippen LogP contribution < -0.4 is 16.0 Å². The molecule has 1 aliphatic heterocycles. The van der Waals surface area contributed by atoms with Crippen LogP contribution in [0.1, 0.15) is 59.1 Å². The second-order valence-corrected chi connectivity index (χ2v) is 9.44. The van der Waals surface area contributed by atoms with Gasteiger partial charge in [0.05, 0.1) is 22.6 Å². The van der Waals surface area contributed by atoms with E-state index in [0.717, 1.165) is 55.6 Å². The van der Waals surface area contributed by atoms with Crippen LogP contribution in [0.25, 0.3) is 0 Å². The minimum Gasteiger partial charge on any atom is -0.383 e. The van der Waals surface area contributed by atoms with E-state index in [1.807, 2.05) is 0 Å². The molecule has 1 aromatic heterocycles. The molecule has 0 amide bonds. The molecule has 5 heteroatoms. The average molecular weight is 361 g/mol. The molecule has 3 N–H and O–H groups in total. The van der Waals surface area contributed by atoms with Gasteiger partial charge < -0.3 is 20.7 Å². The van der Waals surface area contributed by atoms with E-state index in [-0.39, 0.29) is 11.2 Å². The summed E-state index contributed by atoms with van der Waals surface area (Å²) in [5.74, 6) is 1.77. The lowest BCUT2D eigenvalue weighted by Gasteiger charge is -2.47. The smallest absolute Gasteiger partial charge is 0.129 e. The Morgan fingerprint density at radius 2 is 1.73 bits per heavy atom. The third-order valence-electron chi connectivity index (χ3n) is 5.56. The number of anilines is 2. The summed E-state index contributed by atoms with van der Waals surface area (Å²) in [7, 11) is 0. The second-order valence-electron chi connectivity index (χ2n) is 9.44. The number of aromatic nitrogens is 1. The second kappa shape index (κ2) is 7.35. The van der Waals surface area contributed by atoms with E-state index in [9.17, 15) is 0 Å². The van der Waals surface area contributed by atoms with Crippen LogP contribution in [0.5, 0.6) is 0 Å². The van der Waals surface area contributed by atoms with Crippen molar-refractivity contribution in [2.24, 2.45) is 11.7 Å². The molecule has 146 valence electrons. The number of ether oxygens (including phenoxy) is 1. The van der Waals surface area contributed by atoms with Gasteiger partial charge in [0.1, 0.15) is 5.82 Å². The van der Waals surface area contributed by atoms with Crippen LogP contribution in [0, 0.1) is 12.8 Å². The monoisotopic (exact) mass is 360 g/mol. The zero-order chi connectivity index (χ0) is 18.9. The Balaban J connectivity index is 1.64. The van der Waals surface area contributed by atoms with E-state index in [1.54, 1.807) is 0 Å². The molecule has 1 saturated carbocycles. The van der Waals surface area contributed by atoms with E-state index >= 15 is 0 Å². The van der Waals surface area contributed by atoms with Crippen LogP contribution in [0.2, 0.25) is 0 Å². The Hall–Kier alpha value is -1.33. The number of hydrogen-bond donors (Lipinski definition) is 2. The number of nitrogens with one attached hydrogen (secondary N) is 1. The summed E-state index contributed by atoms with van der Waals surface area (Å²) in [6.45, 7) is 13.4. The quantitative estimate of drug-likeness (QED) is 0.857. The Morgan fingerprint density at radius 3 is 2.31 bits per heavy atom. The van der Waals surface area contributed by atoms with Crippen LogP contribution in [0.15, 0.2) is 12.1 Å². The first kappa shape index (κ1) is 19.4. The van der Waals surface area contributed by atoms with Gasteiger partial charge in [-0.3, -0.25) is 0 Å². The van der Waals surface area contributed by atoms with Gasteiger partial charge in [0.25, 0.3) is 0 Å². The topological polar surface area (TPSA) is 63.4 Å². The van der Waals surface area contributed by atoms with Crippen molar-refractivity contribution in [2.45, 2.75) is 77.5 Å². The molecular formula is C21H36N4O. The van der Waals surface area contributed by atoms with Crippen LogP contribution in [0.4, 0.5) is 11.5 Å². The molecule has 0 bridgehead atoms. The van der Waals surface area contributed by atoms with Crippen molar-refractivity contribution < 1.29 is 4.74 Å². The standard InChI is InChI=1S/C21H36N4O/c1-15-18(23-12-16-6-8-17(22)9-7-16)10-11-19(24-15)25-13-20(2,3)26-21(4,5)14-25/h10-11,16-17,23H,6-9,12-14,22H2,1-5H3. The van der Waals surface area contributed by atoms with Gasteiger partial charge in [0, 0.05) is 25.7 Å². The molecule has 2 fully saturated rings. The van der Waals surface area contributed by atoms with Gasteiger partial charge in [-0.05, 0) is 78.4 Å². The minimum atomic E-state index is -0.171. The van der Waals surface area contributed by atoms with Gasteiger partial charge in [-0.15, -0.1) is 0 Å². The maximum atomic E-state index is 6.19. The van der Waals surface area contributed by atoms with Crippen LogP contribution in [0.3, 0.4) is 0 Å². The largest absolute Gasteiger partial charge is 0.383 e. The summed E-state index contributed by atoms with van der Waals surface area (Å²) in [5.41, 5.74) is 7.88. The number of rotatable bonds is 4. The Morgan fingerprint density at radius 1 is 1.12 bits per heavy atom. The molecule has 0 unspecified atom stereocenters. The fourth-order valence-electron chi connectivity index (χ4n) is 4.51. The number of nitrogens with two attached hydrogens (primary N) is 1. The molecule has 3 rings (SSSR count). The van der Waals surface area contributed by atoms with Crippen LogP contribution in [-0.4, -0.2) is 41.9 Å². The van der Waals surface area contributed by atoms with Gasteiger partial charge in [0.15, 0.2) is 0 Å². The maximum Gasteiger partial charge on any atom is 0.129 e. The van der Waals surface area contributed by atoms with E-state index in [0.29, 0.717) is 6.04 Å². The molecule has 0 atom stereocenters. The lowest BCUT2D eigenvalue weighted by Crippen LogP contribution is -2.57. The first-order chi connectivity index (χ1) is 12.1. The van der Waals surface area contributed by atoms with Gasteiger partial charge in [-0.2, -0.15) is 0 Å². The van der Waals surface area contributed by atoms with Crippen molar-refractivity contribution in [3.05, 3.63) is 17.8 Å². The molecule has 5 nitrogen and oxygen atoms in total. The highest BCUT2D eigenvalue weighted by atomic mass is 16.5. The zero-order valence-corrected chi connectivity index (χ0v) is 17.1. The van der Waals surface area contributed by atoms with Gasteiger partial charge in [0.2, 0.25) is 0 Å². The van der Waals surface area contributed by atoms with Crippen molar-refractivity contribution in [2.75, 3.05) is 29.9 Å². The molecule has 2 heterocycles. The summed E-state index contributed by atoms with van der Waals surface area (Å²) < 4.78 is 6.19. The van der Waals surface area contributed by atoms with E-state index in [1.165, 1.54) is 12.8 Å². The Labute approximate surface area is 158 Å². The summed E-state index contributed by atoms with van der Waals surface area (Å²) in [6.07, 6.45) is 4.78. The molecule has 0 spiro atoms. The van der Waals surface area contributed by atoms with Crippen LogP contribution >= 0.6 is 0 Å². The van der Waals surface area contributed by atoms with Crippen molar-refractivity contribution in [1.82, 2.24) is 4.98 Å². The summed E-state index contributed by atoms with van der Waals surface area (Å²) >= 11 is 0. The highest BCUT2D eigenvalue weighted by Gasteiger charge is 2.38. The number of morpholine rings is 1. The van der Waals surface area contributed by atoms with Gasteiger partial charge >= 0.3 is 0 Å². The maximum absolute atomic E-state index is 6.19. The number of pyridine rings is 1. The summed E-state index contributed by atoms with van der Waals surface area (Å²) in [6, 6.07) is 4.74. The lowest BCUT2D eigenvalue weighted by molar-refractivity contribution is -0.133. The van der Waals surface area contributed by atoms with Gasteiger partial charge in [-0.25, -0.2) is 4.98 Å². The highest BCUT2D eigenvalue weighted by Crippen LogP contribution is 2.31. The Bertz CT molecular complexity index is 604. The predicted octanol–water partition coefficient (Wildman–Crippen LogP) is 3.71. The van der Waals surface area contributed by atoms with Crippen molar-refractivity contribution in [3.8, 4) is 0 Å². The normalized spacial score (nSPS) is 28.0. The van der Waals surface area contributed by atoms with E-state index < -0.39 is 0 Å². The number of hydrogen-bond acceptors (Lipinski definition) is 5. The van der Waals surface area contributed by atoms with E-state index in [4.69, 9.17) is 15.5 Å². The molecule has 26 heavy (non-hydrogen) atoms. The molecule has 1 aliphatic carbocycles. The SMILES string of the molecule is Cc1nc(N2CC(C)(C)OC(C)(C)C2)ccc1NCC1CCC(N)CC1. The minimum absolute atomic E-state index is 0.171. The molecule has 1 saturated heterocycles. The third-order valence-corrected chi connectivity index (χ3v) is 5.56. The molecule has 2 aliphatic rings.